The second-order valence-electron chi connectivity index (χ2n) is 7.22. The van der Waals surface area contributed by atoms with E-state index >= 15 is 0 Å². The van der Waals surface area contributed by atoms with E-state index in [1.807, 2.05) is 6.07 Å². The molecule has 4 heteroatoms. The Bertz CT molecular complexity index is 940. The van der Waals surface area contributed by atoms with Gasteiger partial charge in [0, 0.05) is 34.4 Å². The van der Waals surface area contributed by atoms with Crippen LogP contribution in [0.4, 0.5) is 11.4 Å². The summed E-state index contributed by atoms with van der Waals surface area (Å²) in [6, 6.07) is 23.7. The Kier molecular flexibility index (Phi) is 6.26. The Hall–Kier alpha value is -1.94. The van der Waals surface area contributed by atoms with Crippen molar-refractivity contribution in [1.82, 2.24) is 4.72 Å². The fourth-order valence-electron chi connectivity index (χ4n) is 3.68. The van der Waals surface area contributed by atoms with Crippen LogP contribution in [-0.4, -0.2) is 13.1 Å². The maximum absolute atomic E-state index is 6.34. The molecule has 2 nitrogen and oxygen atoms in total. The van der Waals surface area contributed by atoms with Crippen LogP contribution in [0.15, 0.2) is 71.6 Å². The molecule has 0 fully saturated rings. The number of benzene rings is 3. The van der Waals surface area contributed by atoms with Crippen LogP contribution in [0.3, 0.4) is 0 Å². The van der Waals surface area contributed by atoms with E-state index in [4.69, 9.17) is 11.6 Å². The highest BCUT2D eigenvalue weighted by Gasteiger charge is 2.20. The van der Waals surface area contributed by atoms with Gasteiger partial charge in [-0.3, -0.25) is 4.72 Å². The van der Waals surface area contributed by atoms with Crippen molar-refractivity contribution in [2.24, 2.45) is 0 Å². The maximum atomic E-state index is 6.34. The molecule has 3 aromatic carbocycles. The van der Waals surface area contributed by atoms with E-state index < -0.39 is 0 Å². The van der Waals surface area contributed by atoms with Gasteiger partial charge in [-0.15, -0.1) is 0 Å². The number of rotatable bonds is 6. The highest BCUT2D eigenvalue weighted by molar-refractivity contribution is 7.97. The third-order valence-electron chi connectivity index (χ3n) is 5.16. The van der Waals surface area contributed by atoms with Gasteiger partial charge in [-0.05, 0) is 79.6 Å². The lowest BCUT2D eigenvalue weighted by molar-refractivity contribution is 0.788. The number of nitrogens with zero attached hydrogens (tertiary/aromatic N) is 1. The zero-order valence-electron chi connectivity index (χ0n) is 16.1. The van der Waals surface area contributed by atoms with Crippen LogP contribution >= 0.6 is 23.5 Å². The van der Waals surface area contributed by atoms with Crippen molar-refractivity contribution in [3.05, 3.63) is 88.4 Å². The van der Waals surface area contributed by atoms with Gasteiger partial charge >= 0.3 is 0 Å². The molecule has 0 aliphatic carbocycles. The first-order valence-corrected chi connectivity index (χ1v) is 11.0. The molecule has 0 radical (unpaired) electrons. The van der Waals surface area contributed by atoms with E-state index in [1.54, 1.807) is 11.9 Å². The number of nitrogens with one attached hydrogen (secondary N) is 1. The highest BCUT2D eigenvalue weighted by atomic mass is 35.5. The number of para-hydroxylation sites is 1. The molecule has 0 unspecified atom stereocenters. The van der Waals surface area contributed by atoms with Crippen molar-refractivity contribution < 1.29 is 0 Å². The zero-order chi connectivity index (χ0) is 19.3. The molecular formula is C24H25ClN2S. The number of halogens is 1. The smallest absolute Gasteiger partial charge is 0.0458 e. The Morgan fingerprint density at radius 2 is 1.68 bits per heavy atom. The van der Waals surface area contributed by atoms with Crippen molar-refractivity contribution in [3.8, 4) is 0 Å². The summed E-state index contributed by atoms with van der Waals surface area (Å²) in [6.45, 7) is 4.03. The molecule has 1 N–H and O–H groups in total. The monoisotopic (exact) mass is 408 g/mol. The van der Waals surface area contributed by atoms with Gasteiger partial charge in [-0.2, -0.15) is 0 Å². The van der Waals surface area contributed by atoms with Crippen LogP contribution in [0.5, 0.6) is 0 Å². The summed E-state index contributed by atoms with van der Waals surface area (Å²) in [7, 11) is 0. The minimum Gasteiger partial charge on any atom is -0.341 e. The first-order valence-electron chi connectivity index (χ1n) is 9.81. The maximum Gasteiger partial charge on any atom is 0.0458 e. The topological polar surface area (TPSA) is 15.3 Å². The SMILES string of the molecule is Cc1ccc(SNCCCN2c3ccccc3CCc3ccc(Cl)cc32)cc1. The summed E-state index contributed by atoms with van der Waals surface area (Å²) < 4.78 is 3.50. The van der Waals surface area contributed by atoms with Crippen LogP contribution < -0.4 is 9.62 Å². The molecule has 0 amide bonds. The fourth-order valence-corrected chi connectivity index (χ4v) is 4.53. The Morgan fingerprint density at radius 1 is 0.929 bits per heavy atom. The van der Waals surface area contributed by atoms with Crippen molar-refractivity contribution in [1.29, 1.82) is 0 Å². The highest BCUT2D eigenvalue weighted by Crippen LogP contribution is 2.37. The number of hydrogen-bond acceptors (Lipinski definition) is 3. The van der Waals surface area contributed by atoms with E-state index in [0.29, 0.717) is 0 Å². The summed E-state index contributed by atoms with van der Waals surface area (Å²) in [5, 5.41) is 0.802. The summed E-state index contributed by atoms with van der Waals surface area (Å²) >= 11 is 8.05. The molecule has 0 atom stereocenters. The third kappa shape index (κ3) is 4.54. The van der Waals surface area contributed by atoms with Gasteiger partial charge in [-0.25, -0.2) is 0 Å². The van der Waals surface area contributed by atoms with Crippen molar-refractivity contribution in [3.63, 3.8) is 0 Å². The van der Waals surface area contributed by atoms with Gasteiger partial charge in [0.25, 0.3) is 0 Å². The molecule has 1 heterocycles. The Balaban J connectivity index is 1.44. The summed E-state index contributed by atoms with van der Waals surface area (Å²) in [4.78, 5) is 3.70. The average Bonchev–Trinajstić information content (AvgIpc) is 2.86. The lowest BCUT2D eigenvalue weighted by Crippen LogP contribution is -2.22. The first-order chi connectivity index (χ1) is 13.7. The van der Waals surface area contributed by atoms with E-state index in [9.17, 15) is 0 Å². The second-order valence-corrected chi connectivity index (χ2v) is 8.62. The van der Waals surface area contributed by atoms with Gasteiger partial charge < -0.3 is 4.90 Å². The Morgan fingerprint density at radius 3 is 2.50 bits per heavy atom. The number of anilines is 2. The molecule has 0 bridgehead atoms. The van der Waals surface area contributed by atoms with E-state index in [2.05, 4.69) is 77.2 Å². The standard InChI is InChI=1S/C24H25ClN2S/c1-18-7-13-22(14-8-18)28-26-15-4-16-27-23-6-3-2-5-19(23)9-10-20-11-12-21(25)17-24(20)27/h2-3,5-8,11-14,17,26H,4,9-10,15-16H2,1H3. The molecule has 28 heavy (non-hydrogen) atoms. The van der Waals surface area contributed by atoms with Crippen molar-refractivity contribution in [2.75, 3.05) is 18.0 Å². The molecule has 4 rings (SSSR count). The van der Waals surface area contributed by atoms with Crippen LogP contribution in [0.2, 0.25) is 5.02 Å². The molecule has 0 spiro atoms. The molecule has 0 saturated carbocycles. The van der Waals surface area contributed by atoms with Gasteiger partial charge in [0.15, 0.2) is 0 Å². The van der Waals surface area contributed by atoms with Crippen molar-refractivity contribution in [2.45, 2.75) is 31.1 Å². The number of aryl methyl sites for hydroxylation is 3. The lowest BCUT2D eigenvalue weighted by Gasteiger charge is -2.27. The van der Waals surface area contributed by atoms with Crippen LogP contribution in [-0.2, 0) is 12.8 Å². The fraction of sp³-hybridized carbons (Fsp3) is 0.250. The number of hydrogen-bond donors (Lipinski definition) is 1. The normalized spacial score (nSPS) is 13.0. The van der Waals surface area contributed by atoms with Crippen LogP contribution in [0.25, 0.3) is 0 Å². The van der Waals surface area contributed by atoms with Gasteiger partial charge in [-0.1, -0.05) is 53.6 Å². The van der Waals surface area contributed by atoms with Gasteiger partial charge in [0.05, 0.1) is 0 Å². The third-order valence-corrected chi connectivity index (χ3v) is 6.25. The lowest BCUT2D eigenvalue weighted by atomic mass is 10.0. The molecule has 3 aromatic rings. The predicted octanol–water partition coefficient (Wildman–Crippen LogP) is 6.57. The Labute approximate surface area is 177 Å². The molecule has 0 aromatic heterocycles. The van der Waals surface area contributed by atoms with Crippen LogP contribution in [0.1, 0.15) is 23.1 Å². The quantitative estimate of drug-likeness (QED) is 0.366. The minimum atomic E-state index is 0.802. The predicted molar refractivity (Wildman–Crippen MR) is 122 cm³/mol. The first kappa shape index (κ1) is 19.4. The largest absolute Gasteiger partial charge is 0.341 e. The molecule has 1 aliphatic heterocycles. The number of fused-ring (bicyclic) bond motifs is 2. The molecule has 1 aliphatic rings. The molecule has 0 saturated heterocycles. The van der Waals surface area contributed by atoms with E-state index in [1.165, 1.54) is 33.0 Å². The van der Waals surface area contributed by atoms with Crippen molar-refractivity contribution >= 4 is 34.9 Å². The summed E-state index contributed by atoms with van der Waals surface area (Å²) in [5.41, 5.74) is 6.65. The summed E-state index contributed by atoms with van der Waals surface area (Å²) in [6.07, 6.45) is 3.18. The molecular weight excluding hydrogens is 384 g/mol. The zero-order valence-corrected chi connectivity index (χ0v) is 17.7. The average molecular weight is 409 g/mol. The second kappa shape index (κ2) is 9.04. The van der Waals surface area contributed by atoms with E-state index in [0.717, 1.165) is 37.4 Å². The van der Waals surface area contributed by atoms with Gasteiger partial charge in [0.1, 0.15) is 0 Å². The van der Waals surface area contributed by atoms with Crippen LogP contribution in [0, 0.1) is 6.92 Å². The minimum absolute atomic E-state index is 0.802. The van der Waals surface area contributed by atoms with E-state index in [-0.39, 0.29) is 0 Å². The molecule has 144 valence electrons. The summed E-state index contributed by atoms with van der Waals surface area (Å²) in [5.74, 6) is 0. The van der Waals surface area contributed by atoms with Gasteiger partial charge in [0.2, 0.25) is 0 Å².